The van der Waals surface area contributed by atoms with Gasteiger partial charge in [0.25, 0.3) is 0 Å². The van der Waals surface area contributed by atoms with Crippen LogP contribution in [0.5, 0.6) is 0 Å². The fourth-order valence-corrected chi connectivity index (χ4v) is 6.32. The Hall–Kier alpha value is -5.86. The molecule has 0 aliphatic rings. The molecule has 0 aliphatic carbocycles. The molecule has 8 aromatic carbocycles. The first-order valence-corrected chi connectivity index (χ1v) is 15.0. The van der Waals surface area contributed by atoms with E-state index in [1.165, 1.54) is 32.3 Å². The van der Waals surface area contributed by atoms with Gasteiger partial charge in [0, 0.05) is 33.8 Å². The molecule has 0 N–H and O–H groups in total. The number of hydrogen-bond acceptors (Lipinski definition) is 2. The van der Waals surface area contributed by atoms with Gasteiger partial charge in [-0.3, -0.25) is 0 Å². The average molecular weight is 563 g/mol. The van der Waals surface area contributed by atoms with Gasteiger partial charge >= 0.3 is 0 Å². The number of benzene rings is 8. The molecule has 0 radical (unpaired) electrons. The van der Waals surface area contributed by atoms with Crippen molar-refractivity contribution in [3.05, 3.63) is 182 Å². The lowest BCUT2D eigenvalue weighted by Gasteiger charge is -2.29. The second-order valence-electron chi connectivity index (χ2n) is 11.1. The van der Waals surface area contributed by atoms with Crippen molar-refractivity contribution in [3.8, 4) is 0 Å². The number of fused-ring (bicyclic) bond motifs is 4. The van der Waals surface area contributed by atoms with Crippen LogP contribution in [-0.4, -0.2) is 0 Å². The summed E-state index contributed by atoms with van der Waals surface area (Å²) in [5, 5.41) is 7.51. The topological polar surface area (TPSA) is 6.48 Å². The highest BCUT2D eigenvalue weighted by Crippen LogP contribution is 2.42. The molecule has 0 heterocycles. The minimum Gasteiger partial charge on any atom is -0.311 e. The molecule has 0 saturated carbocycles. The fourth-order valence-electron chi connectivity index (χ4n) is 6.32. The fraction of sp³-hybridized carbons (Fsp3) is 0. The number of para-hydroxylation sites is 3. The van der Waals surface area contributed by atoms with Crippen LogP contribution >= 0.6 is 0 Å². The highest BCUT2D eigenvalue weighted by molar-refractivity contribution is 6.14. The van der Waals surface area contributed by atoms with Crippen LogP contribution in [-0.2, 0) is 0 Å². The summed E-state index contributed by atoms with van der Waals surface area (Å²) in [6.45, 7) is 0. The third-order valence-corrected chi connectivity index (χ3v) is 8.37. The molecule has 0 spiro atoms. The maximum atomic E-state index is 2.37. The molecule has 44 heavy (non-hydrogen) atoms. The van der Waals surface area contributed by atoms with Crippen LogP contribution in [0.15, 0.2) is 182 Å². The lowest BCUT2D eigenvalue weighted by atomic mass is 9.97. The van der Waals surface area contributed by atoms with Gasteiger partial charge in [0.15, 0.2) is 0 Å². The van der Waals surface area contributed by atoms with Crippen molar-refractivity contribution in [2.75, 3.05) is 9.80 Å². The summed E-state index contributed by atoms with van der Waals surface area (Å²) in [6.07, 6.45) is 0. The van der Waals surface area contributed by atoms with Crippen molar-refractivity contribution in [2.24, 2.45) is 0 Å². The van der Waals surface area contributed by atoms with E-state index in [9.17, 15) is 0 Å². The van der Waals surface area contributed by atoms with Gasteiger partial charge < -0.3 is 9.80 Å². The van der Waals surface area contributed by atoms with E-state index in [-0.39, 0.29) is 0 Å². The van der Waals surface area contributed by atoms with E-state index in [0.29, 0.717) is 0 Å². The smallest absolute Gasteiger partial charge is 0.0540 e. The normalized spacial score (nSPS) is 11.2. The van der Waals surface area contributed by atoms with E-state index in [1.807, 2.05) is 0 Å². The van der Waals surface area contributed by atoms with Crippen molar-refractivity contribution in [3.63, 3.8) is 0 Å². The van der Waals surface area contributed by atoms with Gasteiger partial charge in [0.05, 0.1) is 5.69 Å². The maximum absolute atomic E-state index is 2.37. The average Bonchev–Trinajstić information content (AvgIpc) is 3.10. The predicted molar refractivity (Wildman–Crippen MR) is 188 cm³/mol. The summed E-state index contributed by atoms with van der Waals surface area (Å²) in [5.74, 6) is 0. The molecule has 0 aliphatic heterocycles. The van der Waals surface area contributed by atoms with Crippen LogP contribution in [0.4, 0.5) is 34.1 Å². The largest absolute Gasteiger partial charge is 0.311 e. The molecule has 208 valence electrons. The summed E-state index contributed by atoms with van der Waals surface area (Å²) in [7, 11) is 0. The summed E-state index contributed by atoms with van der Waals surface area (Å²) >= 11 is 0. The Kier molecular flexibility index (Phi) is 6.51. The van der Waals surface area contributed by atoms with Gasteiger partial charge in [-0.05, 0) is 106 Å². The third kappa shape index (κ3) is 4.63. The Balaban J connectivity index is 1.30. The molecule has 8 aromatic rings. The summed E-state index contributed by atoms with van der Waals surface area (Å²) in [4.78, 5) is 4.67. The Morgan fingerprint density at radius 1 is 0.250 bits per heavy atom. The second-order valence-corrected chi connectivity index (χ2v) is 11.1. The van der Waals surface area contributed by atoms with E-state index in [1.54, 1.807) is 0 Å². The zero-order valence-corrected chi connectivity index (χ0v) is 24.2. The Labute approximate surface area is 257 Å². The van der Waals surface area contributed by atoms with Gasteiger partial charge in [-0.25, -0.2) is 0 Å². The second kappa shape index (κ2) is 11.1. The van der Waals surface area contributed by atoms with E-state index in [0.717, 1.165) is 34.1 Å². The van der Waals surface area contributed by atoms with Gasteiger partial charge in [0.2, 0.25) is 0 Å². The first kappa shape index (κ1) is 25.8. The van der Waals surface area contributed by atoms with Crippen molar-refractivity contribution >= 4 is 66.4 Å². The van der Waals surface area contributed by atoms with Crippen LogP contribution < -0.4 is 9.80 Å². The molecule has 0 unspecified atom stereocenters. The zero-order valence-electron chi connectivity index (χ0n) is 24.2. The van der Waals surface area contributed by atoms with E-state index in [2.05, 4.69) is 192 Å². The van der Waals surface area contributed by atoms with Crippen molar-refractivity contribution in [1.82, 2.24) is 0 Å². The quantitative estimate of drug-likeness (QED) is 0.147. The molecule has 0 amide bonds. The highest BCUT2D eigenvalue weighted by atomic mass is 15.2. The van der Waals surface area contributed by atoms with E-state index < -0.39 is 0 Å². The zero-order chi connectivity index (χ0) is 29.3. The SMILES string of the molecule is c1ccc(N(c2ccccc2)c2ccc(N(c3ccccc3)c3cccc4cc5ccc6ccccc6c5cc34)cc2)cc1. The first-order valence-electron chi connectivity index (χ1n) is 15.0. The van der Waals surface area contributed by atoms with Crippen molar-refractivity contribution in [2.45, 2.75) is 0 Å². The summed E-state index contributed by atoms with van der Waals surface area (Å²) < 4.78 is 0. The summed E-state index contributed by atoms with van der Waals surface area (Å²) in [5.41, 5.74) is 6.73. The van der Waals surface area contributed by atoms with E-state index in [4.69, 9.17) is 0 Å². The number of nitrogens with zero attached hydrogens (tertiary/aromatic N) is 2. The molecule has 0 atom stereocenters. The first-order chi connectivity index (χ1) is 21.8. The Morgan fingerprint density at radius 3 is 1.34 bits per heavy atom. The van der Waals surface area contributed by atoms with Crippen LogP contribution in [0.1, 0.15) is 0 Å². The molecule has 0 saturated heterocycles. The van der Waals surface area contributed by atoms with Crippen LogP contribution in [0.25, 0.3) is 32.3 Å². The number of anilines is 6. The molecule has 0 aromatic heterocycles. The van der Waals surface area contributed by atoms with Gasteiger partial charge in [0.1, 0.15) is 0 Å². The Bertz CT molecular complexity index is 2170. The van der Waals surface area contributed by atoms with Gasteiger partial charge in [-0.15, -0.1) is 0 Å². The van der Waals surface area contributed by atoms with Gasteiger partial charge in [-0.1, -0.05) is 103 Å². The minimum absolute atomic E-state index is 1.10. The standard InChI is InChI=1S/C42H30N2/c1-4-15-34(16-5-1)43(35-17-6-2-7-18-35)37-25-27-38(28-26-37)44(36-19-8-3-9-20-36)42-22-12-14-32-29-33-24-23-31-13-10-11-21-39(31)40(33)30-41(32)42/h1-30H. The monoisotopic (exact) mass is 562 g/mol. The molecule has 2 heteroatoms. The molecule has 0 bridgehead atoms. The molecule has 8 rings (SSSR count). The van der Waals surface area contributed by atoms with E-state index >= 15 is 0 Å². The third-order valence-electron chi connectivity index (χ3n) is 8.37. The van der Waals surface area contributed by atoms with Crippen LogP contribution in [0.3, 0.4) is 0 Å². The highest BCUT2D eigenvalue weighted by Gasteiger charge is 2.18. The van der Waals surface area contributed by atoms with Gasteiger partial charge in [-0.2, -0.15) is 0 Å². The van der Waals surface area contributed by atoms with Crippen molar-refractivity contribution < 1.29 is 0 Å². The number of hydrogen-bond donors (Lipinski definition) is 0. The Morgan fingerprint density at radius 2 is 0.705 bits per heavy atom. The van der Waals surface area contributed by atoms with Crippen molar-refractivity contribution in [1.29, 1.82) is 0 Å². The maximum Gasteiger partial charge on any atom is 0.0540 e. The molecular formula is C42H30N2. The predicted octanol–water partition coefficient (Wildman–Crippen LogP) is 12.1. The lowest BCUT2D eigenvalue weighted by molar-refractivity contribution is 1.26. The molecular weight excluding hydrogens is 532 g/mol. The molecule has 2 nitrogen and oxygen atoms in total. The lowest BCUT2D eigenvalue weighted by Crippen LogP contribution is -2.12. The molecule has 0 fully saturated rings. The minimum atomic E-state index is 1.10. The number of rotatable bonds is 6. The van der Waals surface area contributed by atoms with Crippen LogP contribution in [0, 0.1) is 0 Å². The summed E-state index contributed by atoms with van der Waals surface area (Å²) in [6, 6.07) is 65.1. The van der Waals surface area contributed by atoms with Crippen LogP contribution in [0.2, 0.25) is 0 Å².